The van der Waals surface area contributed by atoms with Crippen LogP contribution in [0.25, 0.3) is 0 Å². The molecule has 0 aromatic heterocycles. The molecule has 0 aromatic carbocycles. The number of nitrogens with one attached hydrogen (secondary N) is 1. The van der Waals surface area contributed by atoms with Crippen LogP contribution in [0, 0.1) is 0 Å². The third-order valence-electron chi connectivity index (χ3n) is 1.91. The summed E-state index contributed by atoms with van der Waals surface area (Å²) in [6, 6.07) is 0. The summed E-state index contributed by atoms with van der Waals surface area (Å²) in [6.07, 6.45) is 2.34. The van der Waals surface area contributed by atoms with E-state index in [0.29, 0.717) is 12.9 Å². The van der Waals surface area contributed by atoms with E-state index in [1.807, 2.05) is 6.92 Å². The quantitative estimate of drug-likeness (QED) is 0.285. The van der Waals surface area contributed by atoms with Crippen molar-refractivity contribution >= 4 is 12.3 Å². The lowest BCUT2D eigenvalue weighted by Gasteiger charge is -2.19. The van der Waals surface area contributed by atoms with Gasteiger partial charge >= 0.3 is 5.97 Å². The third-order valence-corrected chi connectivity index (χ3v) is 1.91. The van der Waals surface area contributed by atoms with Crippen LogP contribution in [0.1, 0.15) is 26.7 Å². The molecule has 0 heterocycles. The molecule has 0 saturated heterocycles. The second-order valence-corrected chi connectivity index (χ2v) is 3.06. The van der Waals surface area contributed by atoms with Crippen molar-refractivity contribution in [3.63, 3.8) is 0 Å². The first-order valence-electron chi connectivity index (χ1n) is 4.43. The van der Waals surface area contributed by atoms with Crippen LogP contribution in [-0.4, -0.2) is 31.4 Å². The van der Waals surface area contributed by atoms with E-state index in [2.05, 4.69) is 5.32 Å². The molecule has 0 saturated carbocycles. The summed E-state index contributed by atoms with van der Waals surface area (Å²) in [5, 5.41) is 2.61. The molecule has 1 atom stereocenters. The van der Waals surface area contributed by atoms with Gasteiger partial charge in [-0.15, -0.1) is 0 Å². The molecule has 0 aliphatic rings. The van der Waals surface area contributed by atoms with Crippen molar-refractivity contribution in [2.45, 2.75) is 32.2 Å². The lowest BCUT2D eigenvalue weighted by Crippen LogP contribution is -2.50. The van der Waals surface area contributed by atoms with Gasteiger partial charge in [-0.3, -0.25) is 5.32 Å². The SMILES string of the molecule is CCCCOC(=O)C(C)(C=O)NC. The summed E-state index contributed by atoms with van der Waals surface area (Å²) in [6.45, 7) is 3.87. The largest absolute Gasteiger partial charge is 0.464 e. The summed E-state index contributed by atoms with van der Waals surface area (Å²) < 4.78 is 4.90. The van der Waals surface area contributed by atoms with Gasteiger partial charge in [0.2, 0.25) is 0 Å². The number of unbranched alkanes of at least 4 members (excludes halogenated alkanes) is 1. The average molecular weight is 187 g/mol. The molecule has 13 heavy (non-hydrogen) atoms. The lowest BCUT2D eigenvalue weighted by atomic mass is 10.1. The minimum Gasteiger partial charge on any atom is -0.464 e. The van der Waals surface area contributed by atoms with Crippen molar-refractivity contribution in [1.29, 1.82) is 0 Å². The molecule has 0 spiro atoms. The van der Waals surface area contributed by atoms with E-state index in [4.69, 9.17) is 4.74 Å². The Hall–Kier alpha value is -0.900. The fourth-order valence-electron chi connectivity index (χ4n) is 0.668. The van der Waals surface area contributed by atoms with Gasteiger partial charge < -0.3 is 9.53 Å². The zero-order chi connectivity index (χ0) is 10.3. The molecule has 0 aliphatic heterocycles. The van der Waals surface area contributed by atoms with Crippen LogP contribution in [-0.2, 0) is 14.3 Å². The molecular weight excluding hydrogens is 170 g/mol. The standard InChI is InChI=1S/C9H17NO3/c1-4-5-6-13-8(12)9(2,7-11)10-3/h7,10H,4-6H2,1-3H3. The van der Waals surface area contributed by atoms with Gasteiger partial charge in [-0.05, 0) is 20.4 Å². The van der Waals surface area contributed by atoms with Crippen LogP contribution in [0.3, 0.4) is 0 Å². The van der Waals surface area contributed by atoms with E-state index in [1.54, 1.807) is 7.05 Å². The molecule has 1 N–H and O–H groups in total. The lowest BCUT2D eigenvalue weighted by molar-refractivity contribution is -0.152. The molecule has 0 aromatic rings. The number of hydrogen-bond donors (Lipinski definition) is 1. The highest BCUT2D eigenvalue weighted by molar-refractivity contribution is 5.97. The van der Waals surface area contributed by atoms with Gasteiger partial charge in [0.1, 0.15) is 0 Å². The van der Waals surface area contributed by atoms with Crippen molar-refractivity contribution in [2.75, 3.05) is 13.7 Å². The highest BCUT2D eigenvalue weighted by atomic mass is 16.5. The summed E-state index contributed by atoms with van der Waals surface area (Å²) in [5.74, 6) is -0.515. The summed E-state index contributed by atoms with van der Waals surface area (Å²) in [5.41, 5.74) is -1.20. The highest BCUT2D eigenvalue weighted by Crippen LogP contribution is 2.02. The van der Waals surface area contributed by atoms with E-state index in [9.17, 15) is 9.59 Å². The third kappa shape index (κ3) is 3.55. The predicted octanol–water partition coefficient (Wildman–Crippen LogP) is 0.507. The molecule has 0 bridgehead atoms. The van der Waals surface area contributed by atoms with Crippen LogP contribution in [0.15, 0.2) is 0 Å². The molecule has 0 radical (unpaired) electrons. The maximum atomic E-state index is 11.3. The molecule has 0 aliphatic carbocycles. The molecule has 0 amide bonds. The Morgan fingerprint density at radius 3 is 2.62 bits per heavy atom. The molecule has 1 unspecified atom stereocenters. The zero-order valence-corrected chi connectivity index (χ0v) is 8.42. The van der Waals surface area contributed by atoms with Gasteiger partial charge in [0.15, 0.2) is 11.8 Å². The van der Waals surface area contributed by atoms with Gasteiger partial charge in [0.25, 0.3) is 0 Å². The Morgan fingerprint density at radius 1 is 1.62 bits per heavy atom. The Morgan fingerprint density at radius 2 is 2.23 bits per heavy atom. The molecule has 4 heteroatoms. The van der Waals surface area contributed by atoms with Gasteiger partial charge in [-0.1, -0.05) is 13.3 Å². The molecule has 4 nitrogen and oxygen atoms in total. The van der Waals surface area contributed by atoms with Crippen molar-refractivity contribution in [1.82, 2.24) is 5.32 Å². The molecule has 0 fully saturated rings. The van der Waals surface area contributed by atoms with Crippen molar-refractivity contribution < 1.29 is 14.3 Å². The Labute approximate surface area is 78.6 Å². The molecule has 0 rings (SSSR count). The number of esters is 1. The van der Waals surface area contributed by atoms with Crippen molar-refractivity contribution in [3.8, 4) is 0 Å². The zero-order valence-electron chi connectivity index (χ0n) is 8.42. The molecular formula is C9H17NO3. The van der Waals surface area contributed by atoms with Crippen molar-refractivity contribution in [2.24, 2.45) is 0 Å². The fourth-order valence-corrected chi connectivity index (χ4v) is 0.668. The van der Waals surface area contributed by atoms with Gasteiger partial charge in [-0.2, -0.15) is 0 Å². The van der Waals surface area contributed by atoms with E-state index in [1.165, 1.54) is 6.92 Å². The Balaban J connectivity index is 4.00. The monoisotopic (exact) mass is 187 g/mol. The second kappa shape index (κ2) is 5.70. The van der Waals surface area contributed by atoms with Crippen LogP contribution < -0.4 is 5.32 Å². The first-order valence-corrected chi connectivity index (χ1v) is 4.43. The Kier molecular flexibility index (Phi) is 5.30. The fraction of sp³-hybridized carbons (Fsp3) is 0.778. The number of aldehydes is 1. The van der Waals surface area contributed by atoms with E-state index < -0.39 is 11.5 Å². The van der Waals surface area contributed by atoms with Crippen LogP contribution in [0.2, 0.25) is 0 Å². The minimum atomic E-state index is -1.20. The first kappa shape index (κ1) is 12.1. The summed E-state index contributed by atoms with van der Waals surface area (Å²) >= 11 is 0. The Bertz CT molecular complexity index is 182. The van der Waals surface area contributed by atoms with E-state index >= 15 is 0 Å². The predicted molar refractivity (Wildman–Crippen MR) is 49.4 cm³/mol. The van der Waals surface area contributed by atoms with Gasteiger partial charge in [-0.25, -0.2) is 4.79 Å². The second-order valence-electron chi connectivity index (χ2n) is 3.06. The summed E-state index contributed by atoms with van der Waals surface area (Å²) in [7, 11) is 1.55. The minimum absolute atomic E-state index is 0.375. The normalized spacial score (nSPS) is 14.7. The van der Waals surface area contributed by atoms with E-state index in [0.717, 1.165) is 12.8 Å². The van der Waals surface area contributed by atoms with Gasteiger partial charge in [0, 0.05) is 0 Å². The number of ether oxygens (including phenoxy) is 1. The van der Waals surface area contributed by atoms with Crippen LogP contribution >= 0.6 is 0 Å². The number of rotatable bonds is 6. The molecule has 76 valence electrons. The number of carbonyl (C=O) groups is 2. The van der Waals surface area contributed by atoms with E-state index in [-0.39, 0.29) is 0 Å². The number of likely N-dealkylation sites (N-methyl/N-ethyl adjacent to an activating group) is 1. The van der Waals surface area contributed by atoms with Gasteiger partial charge in [0.05, 0.1) is 6.61 Å². The number of hydrogen-bond acceptors (Lipinski definition) is 4. The highest BCUT2D eigenvalue weighted by Gasteiger charge is 2.32. The maximum Gasteiger partial charge on any atom is 0.333 e. The average Bonchev–Trinajstić information content (AvgIpc) is 2.17. The number of carbonyl (C=O) groups excluding carboxylic acids is 2. The smallest absolute Gasteiger partial charge is 0.333 e. The van der Waals surface area contributed by atoms with Crippen molar-refractivity contribution in [3.05, 3.63) is 0 Å². The first-order chi connectivity index (χ1) is 6.10. The summed E-state index contributed by atoms with van der Waals surface area (Å²) in [4.78, 5) is 21.9. The van der Waals surface area contributed by atoms with Crippen LogP contribution in [0.5, 0.6) is 0 Å². The topological polar surface area (TPSA) is 55.4 Å². The van der Waals surface area contributed by atoms with Crippen LogP contribution in [0.4, 0.5) is 0 Å². The maximum absolute atomic E-state index is 11.3.